The number of benzene rings is 1. The molecule has 0 heterocycles. The third-order valence-corrected chi connectivity index (χ3v) is 2.30. The van der Waals surface area contributed by atoms with Crippen LogP contribution >= 0.6 is 0 Å². The van der Waals surface area contributed by atoms with E-state index in [1.54, 1.807) is 19.9 Å². The van der Waals surface area contributed by atoms with Crippen LogP contribution in [0.1, 0.15) is 24.2 Å². The molecule has 2 atom stereocenters. The number of nitrogens with two attached hydrogens (primary N) is 1. The molecule has 0 aliphatic rings. The van der Waals surface area contributed by atoms with Crippen LogP contribution < -0.4 is 10.5 Å². The molecular weight excluding hydrogens is 197 g/mol. The Kier molecular flexibility index (Phi) is 3.66. The Balaban J connectivity index is 3.14. The third kappa shape index (κ3) is 2.46. The lowest BCUT2D eigenvalue weighted by molar-refractivity contribution is 0.152. The van der Waals surface area contributed by atoms with Crippen molar-refractivity contribution in [2.24, 2.45) is 5.73 Å². The Morgan fingerprint density at radius 3 is 2.47 bits per heavy atom. The molecule has 0 aliphatic carbocycles. The number of ether oxygens (including phenoxy) is 1. The Bertz CT molecular complexity index is 329. The average Bonchev–Trinajstić information content (AvgIpc) is 2.15. The molecule has 3 nitrogen and oxygen atoms in total. The Morgan fingerprint density at radius 2 is 2.07 bits per heavy atom. The maximum absolute atomic E-state index is 13.5. The second kappa shape index (κ2) is 4.59. The largest absolute Gasteiger partial charge is 0.493 e. The molecule has 1 aromatic rings. The normalized spacial score (nSPS) is 14.8. The number of rotatable bonds is 3. The third-order valence-electron chi connectivity index (χ3n) is 2.30. The summed E-state index contributed by atoms with van der Waals surface area (Å²) in [5, 5.41) is 9.68. The van der Waals surface area contributed by atoms with Gasteiger partial charge in [0.2, 0.25) is 0 Å². The lowest BCUT2D eigenvalue weighted by atomic mass is 10.0. The fourth-order valence-corrected chi connectivity index (χ4v) is 1.49. The van der Waals surface area contributed by atoms with Crippen LogP contribution in [0, 0.1) is 12.7 Å². The van der Waals surface area contributed by atoms with Crippen molar-refractivity contribution in [3.8, 4) is 5.75 Å². The minimum Gasteiger partial charge on any atom is -0.493 e. The summed E-state index contributed by atoms with van der Waals surface area (Å²) in [5.74, 6) is -0.275. The maximum Gasteiger partial charge on any atom is 0.165 e. The molecule has 0 aliphatic heterocycles. The van der Waals surface area contributed by atoms with Gasteiger partial charge in [0.05, 0.1) is 13.2 Å². The fraction of sp³-hybridized carbons (Fsp3) is 0.455. The number of aliphatic hydroxyl groups is 1. The molecule has 0 amide bonds. The molecule has 1 rings (SSSR count). The van der Waals surface area contributed by atoms with E-state index in [0.29, 0.717) is 11.1 Å². The zero-order valence-corrected chi connectivity index (χ0v) is 9.12. The van der Waals surface area contributed by atoms with E-state index in [4.69, 9.17) is 10.5 Å². The number of halogens is 1. The van der Waals surface area contributed by atoms with Gasteiger partial charge in [-0.3, -0.25) is 0 Å². The van der Waals surface area contributed by atoms with E-state index >= 15 is 0 Å². The highest BCUT2D eigenvalue weighted by molar-refractivity contribution is 5.38. The second-order valence-electron chi connectivity index (χ2n) is 3.66. The van der Waals surface area contributed by atoms with Crippen LogP contribution in [0.4, 0.5) is 4.39 Å². The molecule has 4 heteroatoms. The van der Waals surface area contributed by atoms with E-state index < -0.39 is 18.0 Å². The van der Waals surface area contributed by atoms with E-state index in [1.807, 2.05) is 0 Å². The van der Waals surface area contributed by atoms with Crippen LogP contribution in [0.15, 0.2) is 12.1 Å². The first-order valence-corrected chi connectivity index (χ1v) is 4.75. The van der Waals surface area contributed by atoms with E-state index in [9.17, 15) is 9.50 Å². The number of hydrogen-bond donors (Lipinski definition) is 2. The highest BCUT2D eigenvalue weighted by Crippen LogP contribution is 2.27. The average molecular weight is 213 g/mol. The molecule has 0 bridgehead atoms. The summed E-state index contributed by atoms with van der Waals surface area (Å²) in [6, 6.07) is 2.49. The minimum absolute atomic E-state index is 0.204. The van der Waals surface area contributed by atoms with Crippen molar-refractivity contribution in [2.45, 2.75) is 26.0 Å². The van der Waals surface area contributed by atoms with Crippen molar-refractivity contribution in [1.29, 1.82) is 0 Å². The number of aliphatic hydroxyl groups excluding tert-OH is 1. The summed E-state index contributed by atoms with van der Waals surface area (Å²) in [6.07, 6.45) is -0.857. The van der Waals surface area contributed by atoms with Crippen LogP contribution in [0.3, 0.4) is 0 Å². The number of aryl methyl sites for hydroxylation is 1. The van der Waals surface area contributed by atoms with E-state index in [1.165, 1.54) is 13.2 Å². The number of methoxy groups -OCH3 is 1. The van der Waals surface area contributed by atoms with Crippen molar-refractivity contribution in [2.75, 3.05) is 7.11 Å². The van der Waals surface area contributed by atoms with E-state index in [0.717, 1.165) is 0 Å². The van der Waals surface area contributed by atoms with Gasteiger partial charge in [0.15, 0.2) is 11.6 Å². The van der Waals surface area contributed by atoms with E-state index in [-0.39, 0.29) is 5.75 Å². The van der Waals surface area contributed by atoms with Crippen molar-refractivity contribution >= 4 is 0 Å². The predicted molar refractivity (Wildman–Crippen MR) is 56.3 cm³/mol. The molecule has 3 N–H and O–H groups in total. The van der Waals surface area contributed by atoms with Crippen LogP contribution in [0.25, 0.3) is 0 Å². The van der Waals surface area contributed by atoms with Crippen LogP contribution in [-0.2, 0) is 0 Å². The van der Waals surface area contributed by atoms with Gasteiger partial charge in [-0.2, -0.15) is 0 Å². The highest BCUT2D eigenvalue weighted by Gasteiger charge is 2.16. The van der Waals surface area contributed by atoms with Crippen LogP contribution in [0.2, 0.25) is 0 Å². The smallest absolute Gasteiger partial charge is 0.165 e. The molecule has 0 aromatic heterocycles. The zero-order chi connectivity index (χ0) is 11.6. The van der Waals surface area contributed by atoms with Gasteiger partial charge in [-0.15, -0.1) is 0 Å². The summed E-state index contributed by atoms with van der Waals surface area (Å²) >= 11 is 0. The van der Waals surface area contributed by atoms with Crippen LogP contribution in [-0.4, -0.2) is 18.3 Å². The molecule has 0 saturated carbocycles. The molecule has 2 unspecified atom stereocenters. The Morgan fingerprint density at radius 1 is 1.47 bits per heavy atom. The van der Waals surface area contributed by atoms with Gasteiger partial charge >= 0.3 is 0 Å². The maximum atomic E-state index is 13.5. The lowest BCUT2D eigenvalue weighted by Crippen LogP contribution is -2.24. The lowest BCUT2D eigenvalue weighted by Gasteiger charge is -2.16. The second-order valence-corrected chi connectivity index (χ2v) is 3.66. The Labute approximate surface area is 88.7 Å². The quantitative estimate of drug-likeness (QED) is 0.800. The monoisotopic (exact) mass is 213 g/mol. The van der Waals surface area contributed by atoms with Gasteiger partial charge in [0.1, 0.15) is 0 Å². The van der Waals surface area contributed by atoms with Crippen molar-refractivity contribution in [1.82, 2.24) is 0 Å². The molecule has 0 fully saturated rings. The van der Waals surface area contributed by atoms with Gasteiger partial charge in [-0.05, 0) is 37.1 Å². The molecule has 0 radical (unpaired) electrons. The van der Waals surface area contributed by atoms with Gasteiger partial charge in [-0.25, -0.2) is 4.39 Å². The summed E-state index contributed by atoms with van der Waals surface area (Å²) < 4.78 is 18.3. The van der Waals surface area contributed by atoms with Crippen molar-refractivity contribution < 1.29 is 14.2 Å². The van der Waals surface area contributed by atoms with Gasteiger partial charge in [0, 0.05) is 6.04 Å². The Hall–Kier alpha value is -1.13. The van der Waals surface area contributed by atoms with Gasteiger partial charge < -0.3 is 15.6 Å². The summed E-state index contributed by atoms with van der Waals surface area (Å²) in [7, 11) is 1.41. The standard InChI is InChI=1S/C11H16FNO2/c1-6-4-8(10(14)7(2)13)5-9(12)11(6)15-3/h4-5,7,10,14H,13H2,1-3H3. The molecule has 84 valence electrons. The first kappa shape index (κ1) is 11.9. The SMILES string of the molecule is COc1c(C)cc(C(O)C(C)N)cc1F. The first-order chi connectivity index (χ1) is 6.97. The summed E-state index contributed by atoms with van der Waals surface area (Å²) in [4.78, 5) is 0. The topological polar surface area (TPSA) is 55.5 Å². The first-order valence-electron chi connectivity index (χ1n) is 4.75. The predicted octanol–water partition coefficient (Wildman–Crippen LogP) is 1.52. The molecular formula is C11H16FNO2. The van der Waals surface area contributed by atoms with Crippen molar-refractivity contribution in [3.63, 3.8) is 0 Å². The minimum atomic E-state index is -0.857. The molecule has 1 aromatic carbocycles. The fourth-order valence-electron chi connectivity index (χ4n) is 1.49. The molecule has 15 heavy (non-hydrogen) atoms. The molecule has 0 spiro atoms. The van der Waals surface area contributed by atoms with Gasteiger partial charge in [-0.1, -0.05) is 0 Å². The van der Waals surface area contributed by atoms with E-state index in [2.05, 4.69) is 0 Å². The van der Waals surface area contributed by atoms with Crippen LogP contribution in [0.5, 0.6) is 5.75 Å². The van der Waals surface area contributed by atoms with Gasteiger partial charge in [0.25, 0.3) is 0 Å². The molecule has 0 saturated heterocycles. The number of hydrogen-bond acceptors (Lipinski definition) is 3. The highest BCUT2D eigenvalue weighted by atomic mass is 19.1. The van der Waals surface area contributed by atoms with Crippen molar-refractivity contribution in [3.05, 3.63) is 29.1 Å². The summed E-state index contributed by atoms with van der Waals surface area (Å²) in [5.41, 5.74) is 6.65. The summed E-state index contributed by atoms with van der Waals surface area (Å²) in [6.45, 7) is 3.39. The zero-order valence-electron chi connectivity index (χ0n) is 9.12.